The van der Waals surface area contributed by atoms with E-state index in [1.165, 1.54) is 0 Å². The molecule has 72 valence electrons. The molecule has 5 heteroatoms. The van der Waals surface area contributed by atoms with Crippen LogP contribution in [0, 0.1) is 12.8 Å². The third-order valence-corrected chi connectivity index (χ3v) is 1.93. The molecule has 4 N–H and O–H groups in total. The third-order valence-electron chi connectivity index (χ3n) is 1.93. The van der Waals surface area contributed by atoms with E-state index in [0.29, 0.717) is 12.2 Å². The molecule has 13 heavy (non-hydrogen) atoms. The Kier molecular flexibility index (Phi) is 2.55. The van der Waals surface area contributed by atoms with Crippen LogP contribution < -0.4 is 11.5 Å². The Balaban J connectivity index is 2.69. The van der Waals surface area contributed by atoms with Gasteiger partial charge in [0.1, 0.15) is 0 Å². The summed E-state index contributed by atoms with van der Waals surface area (Å²) in [6.07, 6.45) is 1.70. The van der Waals surface area contributed by atoms with Crippen molar-refractivity contribution in [3.63, 3.8) is 0 Å². The predicted molar refractivity (Wildman–Crippen MR) is 49.7 cm³/mol. The lowest BCUT2D eigenvalue weighted by molar-refractivity contribution is -0.121. The number of rotatable bonds is 3. The lowest BCUT2D eigenvalue weighted by Gasteiger charge is -2.05. The zero-order chi connectivity index (χ0) is 10.0. The molecule has 0 fully saturated rings. The number of carbonyl (C=O) groups excluding carboxylic acids is 1. The Labute approximate surface area is 76.7 Å². The maximum Gasteiger partial charge on any atom is 0.222 e. The second kappa shape index (κ2) is 3.47. The highest BCUT2D eigenvalue weighted by Crippen LogP contribution is 2.08. The molecule has 0 bridgehead atoms. The monoisotopic (exact) mass is 182 g/mol. The molecule has 5 nitrogen and oxygen atoms in total. The molecule has 1 aromatic heterocycles. The van der Waals surface area contributed by atoms with Crippen molar-refractivity contribution in [2.24, 2.45) is 11.7 Å². The van der Waals surface area contributed by atoms with Crippen LogP contribution in [-0.4, -0.2) is 15.7 Å². The number of hydrogen-bond donors (Lipinski definition) is 2. The lowest BCUT2D eigenvalue weighted by Crippen LogP contribution is -2.24. The Bertz CT molecular complexity index is 298. The van der Waals surface area contributed by atoms with Crippen molar-refractivity contribution in [2.75, 3.05) is 5.73 Å². The van der Waals surface area contributed by atoms with Crippen LogP contribution >= 0.6 is 0 Å². The highest BCUT2D eigenvalue weighted by atomic mass is 16.1. The van der Waals surface area contributed by atoms with Crippen LogP contribution in [0.25, 0.3) is 0 Å². The van der Waals surface area contributed by atoms with E-state index >= 15 is 0 Å². The van der Waals surface area contributed by atoms with Gasteiger partial charge in [0.25, 0.3) is 0 Å². The molecule has 1 rings (SSSR count). The van der Waals surface area contributed by atoms with Crippen molar-refractivity contribution in [1.29, 1.82) is 0 Å². The SMILES string of the molecule is Cc1nn(CC(C)C(N)=O)cc1N. The Hall–Kier alpha value is -1.52. The minimum absolute atomic E-state index is 0.223. The summed E-state index contributed by atoms with van der Waals surface area (Å²) >= 11 is 0. The number of carbonyl (C=O) groups is 1. The first-order valence-corrected chi connectivity index (χ1v) is 4.09. The molecule has 1 unspecified atom stereocenters. The summed E-state index contributed by atoms with van der Waals surface area (Å²) in [5.74, 6) is -0.551. The van der Waals surface area contributed by atoms with Crippen molar-refractivity contribution in [3.05, 3.63) is 11.9 Å². The summed E-state index contributed by atoms with van der Waals surface area (Å²) in [5.41, 5.74) is 12.1. The van der Waals surface area contributed by atoms with E-state index in [1.807, 2.05) is 6.92 Å². The second-order valence-corrected chi connectivity index (χ2v) is 3.20. The molecule has 0 radical (unpaired) electrons. The number of anilines is 1. The molecule has 0 saturated heterocycles. The molecule has 0 aliphatic rings. The zero-order valence-electron chi connectivity index (χ0n) is 7.82. The van der Waals surface area contributed by atoms with Gasteiger partial charge in [0, 0.05) is 6.20 Å². The summed E-state index contributed by atoms with van der Waals surface area (Å²) in [7, 11) is 0. The van der Waals surface area contributed by atoms with Crippen molar-refractivity contribution >= 4 is 11.6 Å². The van der Waals surface area contributed by atoms with Gasteiger partial charge in [-0.25, -0.2) is 0 Å². The van der Waals surface area contributed by atoms with Gasteiger partial charge in [0.15, 0.2) is 0 Å². The Morgan fingerprint density at radius 2 is 2.38 bits per heavy atom. The van der Waals surface area contributed by atoms with E-state index in [-0.39, 0.29) is 11.8 Å². The Morgan fingerprint density at radius 3 is 2.77 bits per heavy atom. The molecule has 1 amide bonds. The minimum atomic E-state index is -0.327. The van der Waals surface area contributed by atoms with Gasteiger partial charge in [-0.05, 0) is 6.92 Å². The number of nitrogens with zero attached hydrogens (tertiary/aromatic N) is 2. The van der Waals surface area contributed by atoms with Crippen molar-refractivity contribution in [1.82, 2.24) is 9.78 Å². The molecule has 1 atom stereocenters. The van der Waals surface area contributed by atoms with Crippen LogP contribution in [0.5, 0.6) is 0 Å². The quantitative estimate of drug-likeness (QED) is 0.684. The largest absolute Gasteiger partial charge is 0.396 e. The van der Waals surface area contributed by atoms with Crippen molar-refractivity contribution in [2.45, 2.75) is 20.4 Å². The van der Waals surface area contributed by atoms with E-state index in [9.17, 15) is 4.79 Å². The summed E-state index contributed by atoms with van der Waals surface area (Å²) < 4.78 is 1.64. The first-order valence-electron chi connectivity index (χ1n) is 4.09. The molecule has 0 aliphatic heterocycles. The van der Waals surface area contributed by atoms with Crippen LogP contribution in [0.1, 0.15) is 12.6 Å². The van der Waals surface area contributed by atoms with E-state index in [1.54, 1.807) is 17.8 Å². The van der Waals surface area contributed by atoms with Crippen LogP contribution in [0.15, 0.2) is 6.20 Å². The highest BCUT2D eigenvalue weighted by Gasteiger charge is 2.10. The van der Waals surface area contributed by atoms with Crippen LogP contribution in [0.4, 0.5) is 5.69 Å². The van der Waals surface area contributed by atoms with Gasteiger partial charge in [-0.2, -0.15) is 5.10 Å². The summed E-state index contributed by atoms with van der Waals surface area (Å²) in [4.78, 5) is 10.7. The van der Waals surface area contributed by atoms with Crippen LogP contribution in [0.2, 0.25) is 0 Å². The smallest absolute Gasteiger partial charge is 0.222 e. The van der Waals surface area contributed by atoms with Gasteiger partial charge < -0.3 is 11.5 Å². The number of hydrogen-bond acceptors (Lipinski definition) is 3. The molecular weight excluding hydrogens is 168 g/mol. The number of aryl methyl sites for hydroxylation is 1. The number of amides is 1. The average molecular weight is 182 g/mol. The van der Waals surface area contributed by atoms with Gasteiger partial charge in [-0.1, -0.05) is 6.92 Å². The zero-order valence-corrected chi connectivity index (χ0v) is 7.82. The van der Waals surface area contributed by atoms with Gasteiger partial charge in [0.2, 0.25) is 5.91 Å². The van der Waals surface area contributed by atoms with Crippen molar-refractivity contribution in [3.8, 4) is 0 Å². The molecule has 0 aliphatic carbocycles. The number of primary amides is 1. The number of aromatic nitrogens is 2. The standard InChI is InChI=1S/C8H14N4O/c1-5(8(10)13)3-12-4-7(9)6(2)11-12/h4-5H,3,9H2,1-2H3,(H2,10,13). The molecule has 0 saturated carbocycles. The predicted octanol–water partition coefficient (Wildman–Crippen LogP) is -0.105. The van der Waals surface area contributed by atoms with E-state index in [2.05, 4.69) is 5.10 Å². The van der Waals surface area contributed by atoms with Gasteiger partial charge in [-0.3, -0.25) is 9.48 Å². The maximum atomic E-state index is 10.7. The molecule has 1 aromatic rings. The lowest BCUT2D eigenvalue weighted by atomic mass is 10.2. The fourth-order valence-electron chi connectivity index (χ4n) is 0.997. The van der Waals surface area contributed by atoms with Gasteiger partial charge >= 0.3 is 0 Å². The third kappa shape index (κ3) is 2.21. The fraction of sp³-hybridized carbons (Fsp3) is 0.500. The van der Waals surface area contributed by atoms with Crippen LogP contribution in [-0.2, 0) is 11.3 Å². The van der Waals surface area contributed by atoms with Crippen LogP contribution in [0.3, 0.4) is 0 Å². The average Bonchev–Trinajstić information content (AvgIpc) is 2.31. The number of nitrogen functional groups attached to an aromatic ring is 1. The van der Waals surface area contributed by atoms with E-state index in [4.69, 9.17) is 11.5 Å². The number of nitrogens with two attached hydrogens (primary N) is 2. The second-order valence-electron chi connectivity index (χ2n) is 3.20. The fourth-order valence-corrected chi connectivity index (χ4v) is 0.997. The summed E-state index contributed by atoms with van der Waals surface area (Å²) in [5, 5.41) is 4.12. The van der Waals surface area contributed by atoms with Crippen molar-refractivity contribution < 1.29 is 4.79 Å². The topological polar surface area (TPSA) is 86.9 Å². The molecule has 0 spiro atoms. The normalized spacial score (nSPS) is 12.8. The minimum Gasteiger partial charge on any atom is -0.396 e. The van der Waals surface area contributed by atoms with Gasteiger partial charge in [-0.15, -0.1) is 0 Å². The van der Waals surface area contributed by atoms with Gasteiger partial charge in [0.05, 0.1) is 23.8 Å². The first-order chi connectivity index (χ1) is 6.00. The summed E-state index contributed by atoms with van der Waals surface area (Å²) in [6, 6.07) is 0. The van der Waals surface area contributed by atoms with E-state index < -0.39 is 0 Å². The Morgan fingerprint density at radius 1 is 1.77 bits per heavy atom. The molecular formula is C8H14N4O. The molecule has 0 aromatic carbocycles. The van der Waals surface area contributed by atoms with E-state index in [0.717, 1.165) is 5.69 Å². The molecule has 1 heterocycles. The maximum absolute atomic E-state index is 10.7. The first kappa shape index (κ1) is 9.57. The summed E-state index contributed by atoms with van der Waals surface area (Å²) in [6.45, 7) is 4.06. The highest BCUT2D eigenvalue weighted by molar-refractivity contribution is 5.76.